The van der Waals surface area contributed by atoms with Crippen molar-refractivity contribution in [3.05, 3.63) is 65.7 Å². The molecule has 0 saturated carbocycles. The van der Waals surface area contributed by atoms with Crippen molar-refractivity contribution in [3.63, 3.8) is 0 Å². The average molecular weight is 358 g/mol. The summed E-state index contributed by atoms with van der Waals surface area (Å²) in [5, 5.41) is 0. The van der Waals surface area contributed by atoms with Crippen LogP contribution in [0, 0.1) is 0 Å². The first-order valence-electron chi connectivity index (χ1n) is 8.33. The molecule has 0 N–H and O–H groups in total. The van der Waals surface area contributed by atoms with Crippen molar-refractivity contribution >= 4 is 21.6 Å². The Kier molecular flexibility index (Phi) is 4.81. The molecule has 1 fully saturated rings. The lowest BCUT2D eigenvalue weighted by Gasteiger charge is -2.26. The Morgan fingerprint density at radius 3 is 2.48 bits per heavy atom. The SMILES string of the molecule is C[C@H](c1ccccc1)N(C)C(=O)c1cccc(N2CCCS2(=O)=O)c1. The maximum Gasteiger partial charge on any atom is 0.254 e. The summed E-state index contributed by atoms with van der Waals surface area (Å²) < 4.78 is 25.6. The Morgan fingerprint density at radius 2 is 1.84 bits per heavy atom. The van der Waals surface area contributed by atoms with E-state index in [9.17, 15) is 13.2 Å². The van der Waals surface area contributed by atoms with E-state index in [0.29, 0.717) is 24.2 Å². The zero-order valence-corrected chi connectivity index (χ0v) is 15.2. The van der Waals surface area contributed by atoms with Crippen LogP contribution in [0.3, 0.4) is 0 Å². The number of amides is 1. The second-order valence-corrected chi connectivity index (χ2v) is 8.31. The van der Waals surface area contributed by atoms with Gasteiger partial charge in [0.05, 0.1) is 17.5 Å². The molecule has 0 spiro atoms. The van der Waals surface area contributed by atoms with Crippen LogP contribution in [0.5, 0.6) is 0 Å². The number of anilines is 1. The van der Waals surface area contributed by atoms with Gasteiger partial charge in [-0.2, -0.15) is 0 Å². The predicted molar refractivity (Wildman–Crippen MR) is 99.1 cm³/mol. The summed E-state index contributed by atoms with van der Waals surface area (Å²) in [6.45, 7) is 2.44. The molecule has 5 nitrogen and oxygen atoms in total. The fourth-order valence-corrected chi connectivity index (χ4v) is 4.61. The lowest BCUT2D eigenvalue weighted by molar-refractivity contribution is 0.0742. The van der Waals surface area contributed by atoms with Gasteiger partial charge in [-0.15, -0.1) is 0 Å². The molecule has 0 radical (unpaired) electrons. The van der Waals surface area contributed by atoms with Crippen LogP contribution < -0.4 is 4.31 Å². The van der Waals surface area contributed by atoms with E-state index < -0.39 is 10.0 Å². The number of benzene rings is 2. The molecule has 1 aliphatic rings. The first-order valence-corrected chi connectivity index (χ1v) is 9.93. The molecule has 2 aromatic rings. The third-order valence-electron chi connectivity index (χ3n) is 4.66. The van der Waals surface area contributed by atoms with Crippen LogP contribution in [0.1, 0.15) is 35.3 Å². The second-order valence-electron chi connectivity index (χ2n) is 6.29. The maximum absolute atomic E-state index is 12.8. The molecule has 1 amide bonds. The minimum atomic E-state index is -3.25. The summed E-state index contributed by atoms with van der Waals surface area (Å²) in [5.41, 5.74) is 2.10. The van der Waals surface area contributed by atoms with E-state index in [1.54, 1.807) is 36.2 Å². The Bertz CT molecular complexity index is 865. The highest BCUT2D eigenvalue weighted by Gasteiger charge is 2.29. The van der Waals surface area contributed by atoms with Gasteiger partial charge in [-0.1, -0.05) is 36.4 Å². The molecule has 0 bridgehead atoms. The van der Waals surface area contributed by atoms with Crippen LogP contribution >= 0.6 is 0 Å². The van der Waals surface area contributed by atoms with Gasteiger partial charge in [0.15, 0.2) is 0 Å². The molecule has 1 atom stereocenters. The summed E-state index contributed by atoms with van der Waals surface area (Å²) in [6, 6.07) is 16.6. The minimum absolute atomic E-state index is 0.0760. The topological polar surface area (TPSA) is 57.7 Å². The van der Waals surface area contributed by atoms with Crippen LogP contribution in [0.25, 0.3) is 0 Å². The van der Waals surface area contributed by atoms with Crippen LogP contribution in [0.4, 0.5) is 5.69 Å². The van der Waals surface area contributed by atoms with E-state index in [0.717, 1.165) is 5.56 Å². The summed E-state index contributed by atoms with van der Waals surface area (Å²) in [4.78, 5) is 14.5. The van der Waals surface area contributed by atoms with Gasteiger partial charge < -0.3 is 4.90 Å². The van der Waals surface area contributed by atoms with Gasteiger partial charge >= 0.3 is 0 Å². The highest BCUT2D eigenvalue weighted by Crippen LogP contribution is 2.26. The van der Waals surface area contributed by atoms with Gasteiger partial charge in [-0.25, -0.2) is 8.42 Å². The number of hydrogen-bond acceptors (Lipinski definition) is 3. The molecule has 0 aliphatic carbocycles. The standard InChI is InChI=1S/C19H22N2O3S/c1-15(16-8-4-3-5-9-16)20(2)19(22)17-10-6-11-18(14-17)21-12-7-13-25(21,23)24/h3-6,8-11,14-15H,7,12-13H2,1-2H3/t15-/m1/s1. The molecule has 132 valence electrons. The van der Waals surface area contributed by atoms with Crippen LogP contribution in [-0.4, -0.2) is 38.6 Å². The normalized spacial score (nSPS) is 17.3. The van der Waals surface area contributed by atoms with E-state index >= 15 is 0 Å². The van der Waals surface area contributed by atoms with Gasteiger partial charge in [0.25, 0.3) is 5.91 Å². The molecule has 1 aliphatic heterocycles. The molecule has 1 heterocycles. The van der Waals surface area contributed by atoms with E-state index in [1.165, 1.54) is 4.31 Å². The number of sulfonamides is 1. The zero-order chi connectivity index (χ0) is 18.0. The molecule has 0 aromatic heterocycles. The first kappa shape index (κ1) is 17.5. The summed E-state index contributed by atoms with van der Waals surface area (Å²) in [6.07, 6.45) is 0.617. The van der Waals surface area contributed by atoms with Crippen molar-refractivity contribution in [2.24, 2.45) is 0 Å². The van der Waals surface area contributed by atoms with E-state index in [4.69, 9.17) is 0 Å². The third-order valence-corrected chi connectivity index (χ3v) is 6.53. The van der Waals surface area contributed by atoms with Gasteiger partial charge in [0.2, 0.25) is 10.0 Å². The minimum Gasteiger partial charge on any atom is -0.335 e. The van der Waals surface area contributed by atoms with Crippen LogP contribution in [0.15, 0.2) is 54.6 Å². The molecular formula is C19H22N2O3S. The number of carbonyl (C=O) groups is 1. The molecule has 3 rings (SSSR count). The highest BCUT2D eigenvalue weighted by atomic mass is 32.2. The van der Waals surface area contributed by atoms with Gasteiger partial charge in [-0.05, 0) is 37.1 Å². The number of hydrogen-bond donors (Lipinski definition) is 0. The van der Waals surface area contributed by atoms with Crippen LogP contribution in [0.2, 0.25) is 0 Å². The molecule has 0 unspecified atom stereocenters. The van der Waals surface area contributed by atoms with Crippen molar-refractivity contribution in [2.75, 3.05) is 23.7 Å². The number of nitrogens with zero attached hydrogens (tertiary/aromatic N) is 2. The van der Waals surface area contributed by atoms with E-state index in [2.05, 4.69) is 0 Å². The van der Waals surface area contributed by atoms with Gasteiger partial charge in [0, 0.05) is 19.2 Å². The second kappa shape index (κ2) is 6.88. The fraction of sp³-hybridized carbons (Fsp3) is 0.316. The van der Waals surface area contributed by atoms with Crippen molar-refractivity contribution in [3.8, 4) is 0 Å². The van der Waals surface area contributed by atoms with Gasteiger partial charge in [-0.3, -0.25) is 9.10 Å². The summed E-state index contributed by atoms with van der Waals surface area (Å²) in [7, 11) is -1.49. The molecular weight excluding hydrogens is 336 g/mol. The number of rotatable bonds is 4. The van der Waals surface area contributed by atoms with E-state index in [1.807, 2.05) is 37.3 Å². The fourth-order valence-electron chi connectivity index (χ4n) is 3.06. The molecule has 1 saturated heterocycles. The Morgan fingerprint density at radius 1 is 1.12 bits per heavy atom. The maximum atomic E-state index is 12.8. The average Bonchev–Trinajstić information content (AvgIpc) is 2.99. The molecule has 6 heteroatoms. The quantitative estimate of drug-likeness (QED) is 0.844. The zero-order valence-electron chi connectivity index (χ0n) is 14.4. The molecule has 25 heavy (non-hydrogen) atoms. The lowest BCUT2D eigenvalue weighted by Crippen LogP contribution is -2.30. The summed E-state index contributed by atoms with van der Waals surface area (Å²) in [5.74, 6) is 0.0330. The summed E-state index contributed by atoms with van der Waals surface area (Å²) >= 11 is 0. The largest absolute Gasteiger partial charge is 0.335 e. The number of carbonyl (C=O) groups excluding carboxylic acids is 1. The Hall–Kier alpha value is -2.34. The smallest absolute Gasteiger partial charge is 0.254 e. The van der Waals surface area contributed by atoms with Crippen molar-refractivity contribution in [2.45, 2.75) is 19.4 Å². The third kappa shape index (κ3) is 3.54. The predicted octanol–water partition coefficient (Wildman–Crippen LogP) is 3.06. The van der Waals surface area contributed by atoms with E-state index in [-0.39, 0.29) is 17.7 Å². The lowest BCUT2D eigenvalue weighted by atomic mass is 10.1. The van der Waals surface area contributed by atoms with Crippen molar-refractivity contribution in [1.29, 1.82) is 0 Å². The first-order chi connectivity index (χ1) is 11.9. The monoisotopic (exact) mass is 358 g/mol. The highest BCUT2D eigenvalue weighted by molar-refractivity contribution is 7.93. The van der Waals surface area contributed by atoms with Gasteiger partial charge in [0.1, 0.15) is 0 Å². The Balaban J connectivity index is 1.84. The van der Waals surface area contributed by atoms with Crippen molar-refractivity contribution in [1.82, 2.24) is 4.90 Å². The Labute approximate surface area is 148 Å². The van der Waals surface area contributed by atoms with Crippen molar-refractivity contribution < 1.29 is 13.2 Å². The van der Waals surface area contributed by atoms with Crippen LogP contribution in [-0.2, 0) is 10.0 Å². The molecule has 2 aromatic carbocycles.